The Morgan fingerprint density at radius 1 is 1.24 bits per heavy atom. The molecule has 1 fully saturated rings. The smallest absolute Gasteiger partial charge is 0.230 e. The van der Waals surface area contributed by atoms with Crippen molar-refractivity contribution in [3.05, 3.63) is 35.4 Å². The Balaban J connectivity index is 1.58. The number of fused-ring (bicyclic) bond motifs is 1. The van der Waals surface area contributed by atoms with E-state index in [1.807, 2.05) is 7.05 Å². The van der Waals surface area contributed by atoms with E-state index in [2.05, 4.69) is 34.5 Å². The van der Waals surface area contributed by atoms with Crippen molar-refractivity contribution in [2.45, 2.75) is 38.0 Å². The maximum atomic E-state index is 12.8. The third-order valence-corrected chi connectivity index (χ3v) is 5.16. The molecule has 3 heteroatoms. The minimum absolute atomic E-state index is 0.120. The number of likely N-dealkylation sites (tertiary alicyclic amines) is 1. The molecular weight excluding hydrogens is 260 g/mol. The molecule has 2 aliphatic rings. The Morgan fingerprint density at radius 2 is 2.00 bits per heavy atom. The molecule has 1 saturated heterocycles. The van der Waals surface area contributed by atoms with Crippen molar-refractivity contribution in [3.63, 3.8) is 0 Å². The average molecular weight is 286 g/mol. The molecule has 0 bridgehead atoms. The SMILES string of the molecule is CNCCC1CCN(C(=O)C2CCc3ccccc32)CC1. The Hall–Kier alpha value is -1.35. The van der Waals surface area contributed by atoms with Gasteiger partial charge in [0.05, 0.1) is 5.92 Å². The number of amides is 1. The van der Waals surface area contributed by atoms with E-state index >= 15 is 0 Å². The minimum atomic E-state index is 0.120. The molecule has 1 aromatic rings. The molecule has 3 rings (SSSR count). The van der Waals surface area contributed by atoms with Crippen LogP contribution in [-0.4, -0.2) is 37.5 Å². The van der Waals surface area contributed by atoms with Gasteiger partial charge in [0.25, 0.3) is 0 Å². The minimum Gasteiger partial charge on any atom is -0.342 e. The first-order valence-corrected chi connectivity index (χ1v) is 8.30. The van der Waals surface area contributed by atoms with Crippen molar-refractivity contribution in [2.75, 3.05) is 26.7 Å². The second-order valence-electron chi connectivity index (χ2n) is 6.45. The van der Waals surface area contributed by atoms with Crippen molar-refractivity contribution in [2.24, 2.45) is 5.92 Å². The predicted octanol–water partition coefficient (Wildman–Crippen LogP) is 2.56. The number of benzene rings is 1. The van der Waals surface area contributed by atoms with Crippen LogP contribution in [0.25, 0.3) is 0 Å². The van der Waals surface area contributed by atoms with E-state index in [0.29, 0.717) is 5.91 Å². The lowest BCUT2D eigenvalue weighted by Crippen LogP contribution is -2.41. The molecule has 1 heterocycles. The van der Waals surface area contributed by atoms with Crippen molar-refractivity contribution in [1.29, 1.82) is 0 Å². The second-order valence-corrected chi connectivity index (χ2v) is 6.45. The van der Waals surface area contributed by atoms with Crippen LogP contribution in [0.15, 0.2) is 24.3 Å². The fourth-order valence-corrected chi connectivity index (χ4v) is 3.82. The lowest BCUT2D eigenvalue weighted by Gasteiger charge is -2.33. The van der Waals surface area contributed by atoms with E-state index in [4.69, 9.17) is 0 Å². The first-order valence-electron chi connectivity index (χ1n) is 8.30. The molecule has 1 atom stereocenters. The Bertz CT molecular complexity index is 492. The summed E-state index contributed by atoms with van der Waals surface area (Å²) < 4.78 is 0. The summed E-state index contributed by atoms with van der Waals surface area (Å²) in [4.78, 5) is 14.9. The van der Waals surface area contributed by atoms with Gasteiger partial charge in [0.1, 0.15) is 0 Å². The molecule has 0 radical (unpaired) electrons. The van der Waals surface area contributed by atoms with Crippen molar-refractivity contribution in [3.8, 4) is 0 Å². The van der Waals surface area contributed by atoms with Gasteiger partial charge >= 0.3 is 0 Å². The van der Waals surface area contributed by atoms with Crippen LogP contribution in [0.5, 0.6) is 0 Å². The summed E-state index contributed by atoms with van der Waals surface area (Å²) in [5.74, 6) is 1.28. The van der Waals surface area contributed by atoms with E-state index in [0.717, 1.165) is 38.4 Å². The summed E-state index contributed by atoms with van der Waals surface area (Å²) in [6.45, 7) is 2.99. The normalized spacial score (nSPS) is 22.3. The van der Waals surface area contributed by atoms with Crippen molar-refractivity contribution >= 4 is 5.91 Å². The van der Waals surface area contributed by atoms with E-state index in [9.17, 15) is 4.79 Å². The molecule has 1 aliphatic heterocycles. The predicted molar refractivity (Wildman–Crippen MR) is 85.4 cm³/mol. The number of carbonyl (C=O) groups is 1. The van der Waals surface area contributed by atoms with Crippen LogP contribution < -0.4 is 5.32 Å². The molecule has 1 amide bonds. The van der Waals surface area contributed by atoms with Crippen LogP contribution in [0, 0.1) is 5.92 Å². The van der Waals surface area contributed by atoms with E-state index in [1.165, 1.54) is 30.4 Å². The largest absolute Gasteiger partial charge is 0.342 e. The molecule has 114 valence electrons. The van der Waals surface area contributed by atoms with Gasteiger partial charge in [-0.2, -0.15) is 0 Å². The molecule has 1 aromatic carbocycles. The molecule has 0 aromatic heterocycles. The topological polar surface area (TPSA) is 32.3 Å². The van der Waals surface area contributed by atoms with Gasteiger partial charge in [-0.1, -0.05) is 24.3 Å². The highest BCUT2D eigenvalue weighted by molar-refractivity contribution is 5.85. The van der Waals surface area contributed by atoms with Crippen LogP contribution in [0.3, 0.4) is 0 Å². The van der Waals surface area contributed by atoms with Gasteiger partial charge in [0.15, 0.2) is 0 Å². The highest BCUT2D eigenvalue weighted by Gasteiger charge is 2.33. The quantitative estimate of drug-likeness (QED) is 0.922. The van der Waals surface area contributed by atoms with Crippen LogP contribution in [0.2, 0.25) is 0 Å². The Labute approximate surface area is 127 Å². The maximum Gasteiger partial charge on any atom is 0.230 e. The molecule has 1 unspecified atom stereocenters. The molecule has 1 N–H and O–H groups in total. The molecular formula is C18H26N2O. The molecule has 0 spiro atoms. The summed E-state index contributed by atoms with van der Waals surface area (Å²) in [5.41, 5.74) is 2.65. The number of piperidine rings is 1. The van der Waals surface area contributed by atoms with Crippen LogP contribution >= 0.6 is 0 Å². The molecule has 21 heavy (non-hydrogen) atoms. The van der Waals surface area contributed by atoms with Gasteiger partial charge in [0, 0.05) is 13.1 Å². The number of nitrogens with one attached hydrogen (secondary N) is 1. The standard InChI is InChI=1S/C18H26N2O/c1-19-11-8-14-9-12-20(13-10-14)18(21)17-7-6-15-4-2-3-5-16(15)17/h2-5,14,17,19H,6-13H2,1H3. The van der Waals surface area contributed by atoms with Crippen molar-refractivity contribution < 1.29 is 4.79 Å². The molecule has 1 aliphatic carbocycles. The van der Waals surface area contributed by atoms with Crippen molar-refractivity contribution in [1.82, 2.24) is 10.2 Å². The highest BCUT2D eigenvalue weighted by atomic mass is 16.2. The van der Waals surface area contributed by atoms with Gasteiger partial charge in [-0.15, -0.1) is 0 Å². The van der Waals surface area contributed by atoms with E-state index in [1.54, 1.807) is 0 Å². The number of aryl methyl sites for hydroxylation is 1. The van der Waals surface area contributed by atoms with Gasteiger partial charge in [-0.25, -0.2) is 0 Å². The summed E-state index contributed by atoms with van der Waals surface area (Å²) in [6, 6.07) is 8.46. The van der Waals surface area contributed by atoms with Gasteiger partial charge < -0.3 is 10.2 Å². The number of nitrogens with zero attached hydrogens (tertiary/aromatic N) is 1. The maximum absolute atomic E-state index is 12.8. The third-order valence-electron chi connectivity index (χ3n) is 5.16. The summed E-state index contributed by atoms with van der Waals surface area (Å²) in [6.07, 6.45) is 5.64. The number of rotatable bonds is 4. The lowest BCUT2D eigenvalue weighted by molar-refractivity contribution is -0.134. The van der Waals surface area contributed by atoms with Crippen LogP contribution in [-0.2, 0) is 11.2 Å². The van der Waals surface area contributed by atoms with Crippen LogP contribution in [0.1, 0.15) is 42.7 Å². The number of carbonyl (C=O) groups excluding carboxylic acids is 1. The lowest BCUT2D eigenvalue weighted by atomic mass is 9.92. The van der Waals surface area contributed by atoms with E-state index < -0.39 is 0 Å². The van der Waals surface area contributed by atoms with Gasteiger partial charge in [-0.3, -0.25) is 4.79 Å². The zero-order valence-corrected chi connectivity index (χ0v) is 13.0. The molecule has 3 nitrogen and oxygen atoms in total. The highest BCUT2D eigenvalue weighted by Crippen LogP contribution is 2.35. The Morgan fingerprint density at radius 3 is 2.76 bits per heavy atom. The summed E-state index contributed by atoms with van der Waals surface area (Å²) in [5, 5.41) is 3.22. The number of hydrogen-bond acceptors (Lipinski definition) is 2. The van der Waals surface area contributed by atoms with Gasteiger partial charge in [-0.05, 0) is 62.7 Å². The fourth-order valence-electron chi connectivity index (χ4n) is 3.82. The van der Waals surface area contributed by atoms with Crippen LogP contribution in [0.4, 0.5) is 0 Å². The average Bonchev–Trinajstić information content (AvgIpc) is 2.97. The zero-order valence-electron chi connectivity index (χ0n) is 13.0. The zero-order chi connectivity index (χ0) is 14.7. The summed E-state index contributed by atoms with van der Waals surface area (Å²) >= 11 is 0. The van der Waals surface area contributed by atoms with E-state index in [-0.39, 0.29) is 5.92 Å². The molecule has 0 saturated carbocycles. The van der Waals surface area contributed by atoms with Gasteiger partial charge in [0.2, 0.25) is 5.91 Å². The summed E-state index contributed by atoms with van der Waals surface area (Å²) in [7, 11) is 2.01. The monoisotopic (exact) mass is 286 g/mol. The first kappa shape index (κ1) is 14.6. The number of hydrogen-bond donors (Lipinski definition) is 1. The fraction of sp³-hybridized carbons (Fsp3) is 0.611. The second kappa shape index (κ2) is 6.61. The Kier molecular flexibility index (Phi) is 4.59. The first-order chi connectivity index (χ1) is 10.3. The third kappa shape index (κ3) is 3.13.